The number of rotatable bonds is 8. The Bertz CT molecular complexity index is 913. The summed E-state index contributed by atoms with van der Waals surface area (Å²) in [7, 11) is 1.21. The molecule has 0 heterocycles. The molecule has 2 aromatic rings. The number of para-hydroxylation sites is 1. The molecule has 0 saturated heterocycles. The summed E-state index contributed by atoms with van der Waals surface area (Å²) in [6.07, 6.45) is 0. The predicted octanol–water partition coefficient (Wildman–Crippen LogP) is 4.60. The number of hydrogen-bond donors (Lipinski definition) is 1. The van der Waals surface area contributed by atoms with Crippen molar-refractivity contribution in [1.29, 1.82) is 0 Å². The van der Waals surface area contributed by atoms with E-state index in [-0.39, 0.29) is 17.1 Å². The summed E-state index contributed by atoms with van der Waals surface area (Å²) >= 11 is 5.78. The summed E-state index contributed by atoms with van der Waals surface area (Å²) in [5.41, 5.74) is 5.37. The van der Waals surface area contributed by atoms with Gasteiger partial charge in [0.25, 0.3) is 5.91 Å². The van der Waals surface area contributed by atoms with Crippen LogP contribution >= 0.6 is 11.6 Å². The van der Waals surface area contributed by atoms with E-state index in [0.717, 1.165) is 11.1 Å². The number of halogens is 1. The van der Waals surface area contributed by atoms with E-state index in [1.54, 1.807) is 29.2 Å². The van der Waals surface area contributed by atoms with Crippen LogP contribution < -0.4 is 5.43 Å². The van der Waals surface area contributed by atoms with E-state index in [1.165, 1.54) is 7.11 Å². The van der Waals surface area contributed by atoms with Gasteiger partial charge in [0, 0.05) is 6.54 Å². The fourth-order valence-corrected chi connectivity index (χ4v) is 2.87. The zero-order chi connectivity index (χ0) is 21.4. The Morgan fingerprint density at radius 1 is 1.17 bits per heavy atom. The fraction of sp³-hybridized carbons (Fsp3) is 0.227. The Kier molecular flexibility index (Phi) is 7.98. The molecule has 1 amide bonds. The van der Waals surface area contributed by atoms with Crippen molar-refractivity contribution in [3.8, 4) is 0 Å². The van der Waals surface area contributed by atoms with Gasteiger partial charge in [0.05, 0.1) is 24.4 Å². The lowest BCUT2D eigenvalue weighted by molar-refractivity contribution is -0.132. The molecule has 6 nitrogen and oxygen atoms in total. The monoisotopic (exact) mass is 413 g/mol. The molecular formula is C22H24ClN3O3. The zero-order valence-corrected chi connectivity index (χ0v) is 17.4. The zero-order valence-electron chi connectivity index (χ0n) is 16.7. The van der Waals surface area contributed by atoms with Gasteiger partial charge < -0.3 is 9.64 Å². The van der Waals surface area contributed by atoms with Crippen molar-refractivity contribution in [1.82, 2.24) is 4.90 Å². The molecule has 7 heteroatoms. The van der Waals surface area contributed by atoms with Crippen LogP contribution in [0.15, 0.2) is 71.9 Å². The Balaban J connectivity index is 2.36. The van der Waals surface area contributed by atoms with Crippen LogP contribution in [0, 0.1) is 0 Å². The first-order valence-electron chi connectivity index (χ1n) is 9.02. The Morgan fingerprint density at radius 2 is 1.79 bits per heavy atom. The van der Waals surface area contributed by atoms with Gasteiger partial charge in [-0.2, -0.15) is 5.10 Å². The van der Waals surface area contributed by atoms with Crippen molar-refractivity contribution < 1.29 is 14.3 Å². The highest BCUT2D eigenvalue weighted by molar-refractivity contribution is 6.82. The highest BCUT2D eigenvalue weighted by Crippen LogP contribution is 2.26. The second-order valence-corrected chi connectivity index (χ2v) is 6.89. The number of hydrazone groups is 1. The number of hydrogen-bond acceptors (Lipinski definition) is 5. The first-order chi connectivity index (χ1) is 13.8. The first kappa shape index (κ1) is 22.2. The number of carbonyl (C=O) groups excluding carboxylic acids is 2. The highest BCUT2D eigenvalue weighted by atomic mass is 35.5. The van der Waals surface area contributed by atoms with Crippen molar-refractivity contribution >= 4 is 34.3 Å². The summed E-state index contributed by atoms with van der Waals surface area (Å²) in [6, 6.07) is 16.5. The number of nitrogens with zero attached hydrogens (tertiary/aromatic N) is 2. The van der Waals surface area contributed by atoms with Gasteiger partial charge in [-0.25, -0.2) is 4.79 Å². The maximum atomic E-state index is 13.4. The topological polar surface area (TPSA) is 71.0 Å². The summed E-state index contributed by atoms with van der Waals surface area (Å²) in [4.78, 5) is 26.6. The lowest BCUT2D eigenvalue weighted by Gasteiger charge is -2.30. The first-order valence-corrected chi connectivity index (χ1v) is 9.39. The average Bonchev–Trinajstić information content (AvgIpc) is 2.74. The molecule has 0 unspecified atom stereocenters. The SMILES string of the molecule is C=C(C)CN(C(=O)c1ccccc1N/N=C(\Cl)C(=O)OC)[C@@H](C)c1ccccc1. The molecule has 0 aromatic heterocycles. The number of carbonyl (C=O) groups is 2. The maximum absolute atomic E-state index is 13.4. The van der Waals surface area contributed by atoms with E-state index in [9.17, 15) is 9.59 Å². The largest absolute Gasteiger partial charge is 0.464 e. The summed E-state index contributed by atoms with van der Waals surface area (Å²) in [6.45, 7) is 8.20. The van der Waals surface area contributed by atoms with Gasteiger partial charge in [-0.1, -0.05) is 66.2 Å². The fourth-order valence-electron chi connectivity index (χ4n) is 2.75. The van der Waals surface area contributed by atoms with Gasteiger partial charge in [0.2, 0.25) is 5.17 Å². The van der Waals surface area contributed by atoms with E-state index in [4.69, 9.17) is 11.6 Å². The standard InChI is InChI=1S/C22H24ClN3O3/c1-15(2)14-26(16(3)17-10-6-5-7-11-17)21(27)18-12-8-9-13-19(18)24-25-20(23)22(28)29-4/h5-13,16,24H,1,14H2,2-4H3/b25-20-/t16-/m0/s1. The third-order valence-corrected chi connectivity index (χ3v) is 4.48. The van der Waals surface area contributed by atoms with Gasteiger partial charge in [-0.15, -0.1) is 0 Å². The Labute approximate surface area is 175 Å². The number of ether oxygens (including phenoxy) is 1. The molecule has 152 valence electrons. The predicted molar refractivity (Wildman–Crippen MR) is 116 cm³/mol. The van der Waals surface area contributed by atoms with Crippen LogP contribution in [-0.2, 0) is 9.53 Å². The molecule has 0 radical (unpaired) electrons. The molecule has 2 rings (SSSR count). The van der Waals surface area contributed by atoms with Crippen molar-refractivity contribution in [3.05, 3.63) is 77.9 Å². The van der Waals surface area contributed by atoms with Gasteiger partial charge in [-0.05, 0) is 31.5 Å². The molecule has 2 aromatic carbocycles. The van der Waals surface area contributed by atoms with Gasteiger partial charge in [0.15, 0.2) is 0 Å². The number of nitrogens with one attached hydrogen (secondary N) is 1. The summed E-state index contributed by atoms with van der Waals surface area (Å²) < 4.78 is 4.51. The van der Waals surface area contributed by atoms with Crippen LogP contribution in [0.4, 0.5) is 5.69 Å². The molecule has 0 aliphatic rings. The third-order valence-electron chi connectivity index (χ3n) is 4.24. The number of esters is 1. The molecule has 0 saturated carbocycles. The van der Waals surface area contributed by atoms with E-state index in [2.05, 4.69) is 21.8 Å². The van der Waals surface area contributed by atoms with E-state index in [1.807, 2.05) is 44.2 Å². The second-order valence-electron chi connectivity index (χ2n) is 6.53. The molecule has 0 aliphatic carbocycles. The second kappa shape index (κ2) is 10.4. The number of benzene rings is 2. The van der Waals surface area contributed by atoms with Crippen LogP contribution in [0.25, 0.3) is 0 Å². The smallest absolute Gasteiger partial charge is 0.370 e. The van der Waals surface area contributed by atoms with Crippen molar-refractivity contribution in [3.63, 3.8) is 0 Å². The quantitative estimate of drug-likeness (QED) is 0.297. The van der Waals surface area contributed by atoms with E-state index >= 15 is 0 Å². The molecule has 1 N–H and O–H groups in total. The number of amides is 1. The van der Waals surface area contributed by atoms with Crippen LogP contribution in [-0.4, -0.2) is 35.6 Å². The van der Waals surface area contributed by atoms with Gasteiger partial charge in [0.1, 0.15) is 0 Å². The molecule has 1 atom stereocenters. The molecular weight excluding hydrogens is 390 g/mol. The van der Waals surface area contributed by atoms with Gasteiger partial charge >= 0.3 is 5.97 Å². The minimum absolute atomic E-state index is 0.171. The molecule has 0 spiro atoms. The normalized spacial score (nSPS) is 12.1. The van der Waals surface area contributed by atoms with Crippen molar-refractivity contribution in [2.75, 3.05) is 19.1 Å². The van der Waals surface area contributed by atoms with Crippen LogP contribution in [0.3, 0.4) is 0 Å². The number of methoxy groups -OCH3 is 1. The van der Waals surface area contributed by atoms with Crippen molar-refractivity contribution in [2.45, 2.75) is 19.9 Å². The average molecular weight is 414 g/mol. The summed E-state index contributed by atoms with van der Waals surface area (Å²) in [5.74, 6) is -0.971. The molecule has 0 aliphatic heterocycles. The maximum Gasteiger partial charge on any atom is 0.370 e. The Morgan fingerprint density at radius 3 is 2.41 bits per heavy atom. The minimum atomic E-state index is -0.774. The lowest BCUT2D eigenvalue weighted by Crippen LogP contribution is -2.35. The Hall–Kier alpha value is -3.12. The van der Waals surface area contributed by atoms with Gasteiger partial charge in [-0.3, -0.25) is 10.2 Å². The lowest BCUT2D eigenvalue weighted by atomic mass is 10.0. The molecule has 0 bridgehead atoms. The number of anilines is 1. The minimum Gasteiger partial charge on any atom is -0.464 e. The van der Waals surface area contributed by atoms with E-state index in [0.29, 0.717) is 17.8 Å². The van der Waals surface area contributed by atoms with Crippen molar-refractivity contribution in [2.24, 2.45) is 5.10 Å². The summed E-state index contributed by atoms with van der Waals surface area (Å²) in [5, 5.41) is 3.43. The third kappa shape index (κ3) is 5.93. The van der Waals surface area contributed by atoms with Crippen LogP contribution in [0.5, 0.6) is 0 Å². The van der Waals surface area contributed by atoms with E-state index < -0.39 is 5.97 Å². The van der Waals surface area contributed by atoms with Crippen LogP contribution in [0.2, 0.25) is 0 Å². The highest BCUT2D eigenvalue weighted by Gasteiger charge is 2.24. The van der Waals surface area contributed by atoms with Crippen LogP contribution in [0.1, 0.15) is 35.8 Å². The molecule has 29 heavy (non-hydrogen) atoms. The molecule has 0 fully saturated rings.